The zero-order chi connectivity index (χ0) is 14.8. The first-order chi connectivity index (χ1) is 9.39. The van der Waals surface area contributed by atoms with Crippen molar-refractivity contribution in [3.8, 4) is 0 Å². The van der Waals surface area contributed by atoms with Crippen molar-refractivity contribution in [1.82, 2.24) is 5.32 Å². The summed E-state index contributed by atoms with van der Waals surface area (Å²) in [6.07, 6.45) is 4.07. The summed E-state index contributed by atoms with van der Waals surface area (Å²) in [6.45, 7) is 2.00. The van der Waals surface area contributed by atoms with E-state index in [-0.39, 0.29) is 22.8 Å². The summed E-state index contributed by atoms with van der Waals surface area (Å²) in [4.78, 5) is 23.1. The van der Waals surface area contributed by atoms with Crippen molar-refractivity contribution in [1.29, 1.82) is 0 Å². The number of amides is 2. The molecule has 0 spiro atoms. The first kappa shape index (κ1) is 14.7. The second-order valence-corrected chi connectivity index (χ2v) is 5.78. The van der Waals surface area contributed by atoms with E-state index in [0.717, 1.165) is 25.7 Å². The lowest BCUT2D eigenvalue weighted by molar-refractivity contribution is 0.0698. The van der Waals surface area contributed by atoms with Crippen molar-refractivity contribution in [2.45, 2.75) is 38.1 Å². The molecule has 1 aliphatic carbocycles. The molecular formula is C14H17ClN2O3. The summed E-state index contributed by atoms with van der Waals surface area (Å²) in [7, 11) is 0. The number of carbonyl (C=O) groups excluding carboxylic acids is 1. The van der Waals surface area contributed by atoms with Crippen molar-refractivity contribution in [2.75, 3.05) is 5.32 Å². The van der Waals surface area contributed by atoms with Crippen LogP contribution >= 0.6 is 11.6 Å². The largest absolute Gasteiger partial charge is 0.478 e. The van der Waals surface area contributed by atoms with Gasteiger partial charge in [-0.15, -0.1) is 0 Å². The number of carbonyl (C=O) groups is 2. The number of halogens is 1. The van der Waals surface area contributed by atoms with Gasteiger partial charge in [-0.25, -0.2) is 9.59 Å². The Morgan fingerprint density at radius 2 is 1.95 bits per heavy atom. The maximum absolute atomic E-state index is 12.0. The second-order valence-electron chi connectivity index (χ2n) is 5.34. The van der Waals surface area contributed by atoms with E-state index in [1.54, 1.807) is 6.07 Å². The molecule has 0 atom stereocenters. The minimum Gasteiger partial charge on any atom is -0.478 e. The van der Waals surface area contributed by atoms with Gasteiger partial charge in [-0.1, -0.05) is 24.4 Å². The Bertz CT molecular complexity index is 539. The van der Waals surface area contributed by atoms with Crippen LogP contribution in [0.1, 0.15) is 43.0 Å². The second kappa shape index (κ2) is 5.71. The quantitative estimate of drug-likeness (QED) is 0.799. The minimum absolute atomic E-state index is 0.0239. The van der Waals surface area contributed by atoms with Gasteiger partial charge in [-0.05, 0) is 38.0 Å². The van der Waals surface area contributed by atoms with Gasteiger partial charge in [0.05, 0.1) is 11.3 Å². The summed E-state index contributed by atoms with van der Waals surface area (Å²) in [5.74, 6) is -1.13. The van der Waals surface area contributed by atoms with Crippen LogP contribution in [0.2, 0.25) is 5.02 Å². The number of anilines is 1. The number of carboxylic acids is 1. The number of rotatable bonds is 3. The highest BCUT2D eigenvalue weighted by molar-refractivity contribution is 6.31. The van der Waals surface area contributed by atoms with Crippen LogP contribution in [0.15, 0.2) is 18.2 Å². The lowest BCUT2D eigenvalue weighted by atomic mass is 10.0. The molecule has 20 heavy (non-hydrogen) atoms. The van der Waals surface area contributed by atoms with E-state index in [9.17, 15) is 9.59 Å². The molecule has 0 aromatic heterocycles. The predicted octanol–water partition coefficient (Wildman–Crippen LogP) is 3.49. The highest BCUT2D eigenvalue weighted by Crippen LogP contribution is 2.29. The Hall–Kier alpha value is -1.75. The molecule has 5 nitrogen and oxygen atoms in total. The van der Waals surface area contributed by atoms with E-state index in [0.29, 0.717) is 5.02 Å². The predicted molar refractivity (Wildman–Crippen MR) is 77.4 cm³/mol. The van der Waals surface area contributed by atoms with Gasteiger partial charge in [-0.2, -0.15) is 0 Å². The van der Waals surface area contributed by atoms with Gasteiger partial charge in [-0.3, -0.25) is 0 Å². The molecule has 0 unspecified atom stereocenters. The molecule has 0 heterocycles. The SMILES string of the molecule is CC1(NC(=O)Nc2ccc(Cl)cc2C(=O)O)CCCC1. The first-order valence-corrected chi connectivity index (χ1v) is 6.89. The van der Waals surface area contributed by atoms with Crippen LogP contribution in [0.25, 0.3) is 0 Å². The van der Waals surface area contributed by atoms with E-state index in [4.69, 9.17) is 16.7 Å². The average Bonchev–Trinajstić information content (AvgIpc) is 2.77. The molecule has 1 fully saturated rings. The van der Waals surface area contributed by atoms with Crippen LogP contribution in [-0.2, 0) is 0 Å². The highest BCUT2D eigenvalue weighted by atomic mass is 35.5. The normalized spacial score (nSPS) is 16.7. The molecule has 1 aliphatic rings. The number of urea groups is 1. The Balaban J connectivity index is 2.09. The third-order valence-electron chi connectivity index (χ3n) is 3.58. The molecule has 0 aliphatic heterocycles. The van der Waals surface area contributed by atoms with Crippen molar-refractivity contribution < 1.29 is 14.7 Å². The number of carboxylic acid groups (broad SMARTS) is 1. The molecule has 0 bridgehead atoms. The third kappa shape index (κ3) is 3.42. The molecule has 108 valence electrons. The number of nitrogens with one attached hydrogen (secondary N) is 2. The molecule has 0 radical (unpaired) electrons. The highest BCUT2D eigenvalue weighted by Gasteiger charge is 2.30. The lowest BCUT2D eigenvalue weighted by Gasteiger charge is -2.25. The Morgan fingerprint density at radius 1 is 1.30 bits per heavy atom. The zero-order valence-electron chi connectivity index (χ0n) is 11.2. The Morgan fingerprint density at radius 3 is 2.55 bits per heavy atom. The molecular weight excluding hydrogens is 280 g/mol. The van der Waals surface area contributed by atoms with Gasteiger partial charge in [0, 0.05) is 10.6 Å². The van der Waals surface area contributed by atoms with Gasteiger partial charge < -0.3 is 15.7 Å². The lowest BCUT2D eigenvalue weighted by Crippen LogP contribution is -2.45. The fourth-order valence-corrected chi connectivity index (χ4v) is 2.68. The first-order valence-electron chi connectivity index (χ1n) is 6.52. The fraction of sp³-hybridized carbons (Fsp3) is 0.429. The van der Waals surface area contributed by atoms with Crippen LogP contribution in [0.3, 0.4) is 0 Å². The molecule has 2 rings (SSSR count). The topological polar surface area (TPSA) is 78.4 Å². The van der Waals surface area contributed by atoms with Crippen LogP contribution in [0, 0.1) is 0 Å². The van der Waals surface area contributed by atoms with Crippen LogP contribution in [-0.4, -0.2) is 22.6 Å². The molecule has 1 saturated carbocycles. The minimum atomic E-state index is -1.13. The van der Waals surface area contributed by atoms with Gasteiger partial charge >= 0.3 is 12.0 Å². The van der Waals surface area contributed by atoms with Crippen molar-refractivity contribution in [3.63, 3.8) is 0 Å². The number of hydrogen-bond donors (Lipinski definition) is 3. The average molecular weight is 297 g/mol. The number of aromatic carboxylic acids is 1. The molecule has 1 aromatic carbocycles. The van der Waals surface area contributed by atoms with Gasteiger partial charge in [0.1, 0.15) is 0 Å². The van der Waals surface area contributed by atoms with Crippen LogP contribution in [0.4, 0.5) is 10.5 Å². The summed E-state index contributed by atoms with van der Waals surface area (Å²) in [5, 5.41) is 14.9. The Labute approximate surface area is 122 Å². The Kier molecular flexibility index (Phi) is 4.18. The summed E-state index contributed by atoms with van der Waals surface area (Å²) < 4.78 is 0. The van der Waals surface area contributed by atoms with Crippen LogP contribution < -0.4 is 10.6 Å². The number of benzene rings is 1. The zero-order valence-corrected chi connectivity index (χ0v) is 12.0. The standard InChI is InChI=1S/C14H17ClN2O3/c1-14(6-2-3-7-14)17-13(20)16-11-5-4-9(15)8-10(11)12(18)19/h4-5,8H,2-3,6-7H2,1H3,(H,18,19)(H2,16,17,20). The van der Waals surface area contributed by atoms with E-state index >= 15 is 0 Å². The van der Waals surface area contributed by atoms with E-state index < -0.39 is 5.97 Å². The van der Waals surface area contributed by atoms with E-state index in [1.165, 1.54) is 12.1 Å². The third-order valence-corrected chi connectivity index (χ3v) is 3.82. The molecule has 2 amide bonds. The summed E-state index contributed by atoms with van der Waals surface area (Å²) in [6, 6.07) is 3.96. The number of hydrogen-bond acceptors (Lipinski definition) is 2. The summed E-state index contributed by atoms with van der Waals surface area (Å²) >= 11 is 5.77. The fourth-order valence-electron chi connectivity index (χ4n) is 2.51. The maximum atomic E-state index is 12.0. The summed E-state index contributed by atoms with van der Waals surface area (Å²) in [5.41, 5.74) is 0.00473. The molecule has 6 heteroatoms. The molecule has 0 saturated heterocycles. The van der Waals surface area contributed by atoms with Gasteiger partial charge in [0.15, 0.2) is 0 Å². The monoisotopic (exact) mass is 296 g/mol. The smallest absolute Gasteiger partial charge is 0.337 e. The van der Waals surface area contributed by atoms with Crippen molar-refractivity contribution in [3.05, 3.63) is 28.8 Å². The van der Waals surface area contributed by atoms with Crippen molar-refractivity contribution in [2.24, 2.45) is 0 Å². The van der Waals surface area contributed by atoms with Crippen molar-refractivity contribution >= 4 is 29.3 Å². The maximum Gasteiger partial charge on any atom is 0.337 e. The van der Waals surface area contributed by atoms with Gasteiger partial charge in [0.25, 0.3) is 0 Å². The van der Waals surface area contributed by atoms with E-state index in [2.05, 4.69) is 10.6 Å². The van der Waals surface area contributed by atoms with Gasteiger partial charge in [0.2, 0.25) is 0 Å². The molecule has 3 N–H and O–H groups in total. The molecule has 1 aromatic rings. The van der Waals surface area contributed by atoms with E-state index in [1.807, 2.05) is 6.92 Å². The van der Waals surface area contributed by atoms with Crippen LogP contribution in [0.5, 0.6) is 0 Å².